The van der Waals surface area contributed by atoms with Gasteiger partial charge in [-0.1, -0.05) is 50.9 Å². The molecule has 1 aliphatic carbocycles. The van der Waals surface area contributed by atoms with Crippen LogP contribution in [0.15, 0.2) is 0 Å². The Hall–Kier alpha value is -0.480. The topological polar surface area (TPSA) is 37.8 Å². The van der Waals surface area contributed by atoms with Crippen LogP contribution in [0.25, 0.3) is 0 Å². The van der Waals surface area contributed by atoms with Gasteiger partial charge in [0.25, 0.3) is 0 Å². The fraction of sp³-hybridized carbons (Fsp3) is 0.857. The first kappa shape index (κ1) is 13.9. The van der Waals surface area contributed by atoms with Gasteiger partial charge in [0.05, 0.1) is 6.04 Å². The van der Waals surface area contributed by atoms with E-state index in [1.54, 1.807) is 0 Å². The van der Waals surface area contributed by atoms with Crippen LogP contribution in [0.4, 0.5) is 0 Å². The van der Waals surface area contributed by atoms with E-state index in [4.69, 9.17) is 0 Å². The van der Waals surface area contributed by atoms with Crippen molar-refractivity contribution in [3.8, 4) is 0 Å². The lowest BCUT2D eigenvalue weighted by Crippen LogP contribution is -2.19. The molecule has 0 aromatic carbocycles. The van der Waals surface area contributed by atoms with Gasteiger partial charge < -0.3 is 5.32 Å². The molecule has 0 spiro atoms. The third kappa shape index (κ3) is 3.51. The van der Waals surface area contributed by atoms with Crippen LogP contribution in [-0.2, 0) is 0 Å². The summed E-state index contributed by atoms with van der Waals surface area (Å²) >= 11 is 1.84. The number of nitrogens with zero attached hydrogens (tertiary/aromatic N) is 2. The summed E-state index contributed by atoms with van der Waals surface area (Å²) in [5, 5.41) is 14.8. The molecule has 2 rings (SSSR count). The molecule has 0 saturated heterocycles. The number of hydrogen-bond acceptors (Lipinski definition) is 4. The summed E-state index contributed by atoms with van der Waals surface area (Å²) in [4.78, 5) is 0. The van der Waals surface area contributed by atoms with Gasteiger partial charge in [-0.25, -0.2) is 0 Å². The van der Waals surface area contributed by atoms with E-state index in [1.165, 1.54) is 48.5 Å². The van der Waals surface area contributed by atoms with Crippen LogP contribution in [-0.4, -0.2) is 16.7 Å². The highest BCUT2D eigenvalue weighted by atomic mass is 32.1. The first-order valence-electron chi connectivity index (χ1n) is 7.41. The van der Waals surface area contributed by atoms with Crippen LogP contribution in [0, 0.1) is 0 Å². The van der Waals surface area contributed by atoms with Crippen molar-refractivity contribution >= 4 is 11.3 Å². The summed E-state index contributed by atoms with van der Waals surface area (Å²) in [6, 6.07) is 0.395. The molecule has 0 radical (unpaired) electrons. The molecular weight excluding hydrogens is 242 g/mol. The quantitative estimate of drug-likeness (QED) is 0.818. The molecule has 3 nitrogen and oxygen atoms in total. The molecule has 1 aromatic rings. The van der Waals surface area contributed by atoms with Gasteiger partial charge in [-0.15, -0.1) is 10.2 Å². The maximum absolute atomic E-state index is 4.46. The minimum Gasteiger partial charge on any atom is -0.308 e. The predicted octanol–water partition coefficient (Wildman–Crippen LogP) is 4.04. The largest absolute Gasteiger partial charge is 0.308 e. The average Bonchev–Trinajstić information content (AvgIpc) is 2.71. The Morgan fingerprint density at radius 2 is 1.89 bits per heavy atom. The van der Waals surface area contributed by atoms with Crippen LogP contribution in [0.2, 0.25) is 0 Å². The van der Waals surface area contributed by atoms with Crippen LogP contribution in [0.1, 0.15) is 80.8 Å². The molecule has 1 unspecified atom stereocenters. The highest BCUT2D eigenvalue weighted by Crippen LogP contribution is 2.34. The van der Waals surface area contributed by atoms with Crippen molar-refractivity contribution in [2.24, 2.45) is 0 Å². The molecule has 1 saturated carbocycles. The van der Waals surface area contributed by atoms with E-state index < -0.39 is 0 Å². The van der Waals surface area contributed by atoms with E-state index >= 15 is 0 Å². The fourth-order valence-electron chi connectivity index (χ4n) is 2.73. The Balaban J connectivity index is 2.03. The summed E-state index contributed by atoms with van der Waals surface area (Å²) in [7, 11) is 0. The van der Waals surface area contributed by atoms with Crippen molar-refractivity contribution < 1.29 is 0 Å². The van der Waals surface area contributed by atoms with E-state index in [-0.39, 0.29) is 0 Å². The normalized spacial score (nSPS) is 19.7. The Bertz CT molecular complexity index is 343. The van der Waals surface area contributed by atoms with Crippen molar-refractivity contribution in [3.63, 3.8) is 0 Å². The smallest absolute Gasteiger partial charge is 0.134 e. The summed E-state index contributed by atoms with van der Waals surface area (Å²) in [5.74, 6) is 0.679. The van der Waals surface area contributed by atoms with Crippen LogP contribution < -0.4 is 5.32 Å². The maximum atomic E-state index is 4.46. The molecule has 4 heteroatoms. The van der Waals surface area contributed by atoms with Gasteiger partial charge in [0.15, 0.2) is 0 Å². The molecule has 1 fully saturated rings. The monoisotopic (exact) mass is 267 g/mol. The number of aromatic nitrogens is 2. The van der Waals surface area contributed by atoms with E-state index in [0.717, 1.165) is 13.0 Å². The van der Waals surface area contributed by atoms with Crippen LogP contribution >= 0.6 is 11.3 Å². The molecule has 1 N–H and O–H groups in total. The SMILES string of the molecule is CCNC(CC)c1nnc(C2CCCCCC2)s1. The van der Waals surface area contributed by atoms with E-state index in [1.807, 2.05) is 11.3 Å². The lowest BCUT2D eigenvalue weighted by Gasteiger charge is -2.12. The zero-order valence-corrected chi connectivity index (χ0v) is 12.4. The molecule has 0 bridgehead atoms. The molecule has 0 aliphatic heterocycles. The van der Waals surface area contributed by atoms with Gasteiger partial charge >= 0.3 is 0 Å². The van der Waals surface area contributed by atoms with Gasteiger partial charge in [-0.05, 0) is 25.8 Å². The van der Waals surface area contributed by atoms with E-state index in [0.29, 0.717) is 12.0 Å². The summed E-state index contributed by atoms with van der Waals surface area (Å²) in [6.45, 7) is 5.35. The minimum absolute atomic E-state index is 0.395. The van der Waals surface area contributed by atoms with Gasteiger partial charge in [0, 0.05) is 5.92 Å². The zero-order valence-electron chi connectivity index (χ0n) is 11.6. The van der Waals surface area contributed by atoms with Crippen molar-refractivity contribution in [3.05, 3.63) is 10.0 Å². The number of rotatable bonds is 5. The Morgan fingerprint density at radius 3 is 2.50 bits per heavy atom. The number of nitrogens with one attached hydrogen (secondary N) is 1. The maximum Gasteiger partial charge on any atom is 0.134 e. The Morgan fingerprint density at radius 1 is 1.17 bits per heavy atom. The highest BCUT2D eigenvalue weighted by Gasteiger charge is 2.21. The lowest BCUT2D eigenvalue weighted by atomic mass is 10.0. The average molecular weight is 267 g/mol. The van der Waals surface area contributed by atoms with Gasteiger partial charge in [0.2, 0.25) is 0 Å². The zero-order chi connectivity index (χ0) is 12.8. The molecule has 1 atom stereocenters. The second-order valence-electron chi connectivity index (χ2n) is 5.19. The second-order valence-corrected chi connectivity index (χ2v) is 6.23. The van der Waals surface area contributed by atoms with Crippen molar-refractivity contribution in [2.75, 3.05) is 6.54 Å². The lowest BCUT2D eigenvalue weighted by molar-refractivity contribution is 0.529. The van der Waals surface area contributed by atoms with E-state index in [9.17, 15) is 0 Å². The Kier molecular flexibility index (Phi) is 5.57. The Labute approximate surface area is 114 Å². The summed E-state index contributed by atoms with van der Waals surface area (Å²) in [6.07, 6.45) is 9.24. The predicted molar refractivity (Wildman–Crippen MR) is 77.1 cm³/mol. The first-order valence-corrected chi connectivity index (χ1v) is 8.23. The van der Waals surface area contributed by atoms with Crippen molar-refractivity contribution in [1.29, 1.82) is 0 Å². The third-order valence-corrected chi connectivity index (χ3v) is 5.02. The third-order valence-electron chi connectivity index (χ3n) is 3.82. The molecule has 0 amide bonds. The van der Waals surface area contributed by atoms with Crippen molar-refractivity contribution in [2.45, 2.75) is 70.8 Å². The molecule has 18 heavy (non-hydrogen) atoms. The standard InChI is InChI=1S/C14H25N3S/c1-3-12(15-4-2)14-17-16-13(18-14)11-9-7-5-6-8-10-11/h11-12,15H,3-10H2,1-2H3. The van der Waals surface area contributed by atoms with Gasteiger partial charge in [0.1, 0.15) is 10.0 Å². The second kappa shape index (κ2) is 7.19. The highest BCUT2D eigenvalue weighted by molar-refractivity contribution is 7.11. The summed E-state index contributed by atoms with van der Waals surface area (Å²) in [5.41, 5.74) is 0. The molecule has 1 aromatic heterocycles. The number of hydrogen-bond donors (Lipinski definition) is 1. The van der Waals surface area contributed by atoms with Crippen LogP contribution in [0.5, 0.6) is 0 Å². The van der Waals surface area contributed by atoms with Gasteiger partial charge in [-0.2, -0.15) is 0 Å². The molecular formula is C14H25N3S. The van der Waals surface area contributed by atoms with Crippen LogP contribution in [0.3, 0.4) is 0 Å². The van der Waals surface area contributed by atoms with Crippen molar-refractivity contribution in [1.82, 2.24) is 15.5 Å². The van der Waals surface area contributed by atoms with Gasteiger partial charge in [-0.3, -0.25) is 0 Å². The van der Waals surface area contributed by atoms with E-state index in [2.05, 4.69) is 29.4 Å². The molecule has 102 valence electrons. The molecule has 1 aliphatic rings. The fourth-order valence-corrected chi connectivity index (χ4v) is 3.90. The summed E-state index contributed by atoms with van der Waals surface area (Å²) < 4.78 is 0. The minimum atomic E-state index is 0.395. The first-order chi connectivity index (χ1) is 8.85. The molecule has 1 heterocycles.